The zero-order valence-electron chi connectivity index (χ0n) is 5.85. The van der Waals surface area contributed by atoms with Crippen LogP contribution in [0.3, 0.4) is 0 Å². The van der Waals surface area contributed by atoms with Gasteiger partial charge >= 0.3 is 0 Å². The van der Waals surface area contributed by atoms with Crippen molar-refractivity contribution >= 4 is 0 Å². The smallest absolute Gasteiger partial charge is 0.124 e. The summed E-state index contributed by atoms with van der Waals surface area (Å²) in [4.78, 5) is 0. The predicted octanol–water partition coefficient (Wildman–Crippen LogP) is 0.754. The van der Waals surface area contributed by atoms with E-state index in [0.717, 1.165) is 11.3 Å². The first-order chi connectivity index (χ1) is 4.88. The molecule has 1 aromatic rings. The Morgan fingerprint density at radius 2 is 2.50 bits per heavy atom. The highest BCUT2D eigenvalue weighted by Crippen LogP contribution is 2.14. The molecule has 2 radical (unpaired) electrons. The highest BCUT2D eigenvalue weighted by atomic mass is 16.5. The van der Waals surface area contributed by atoms with Crippen LogP contribution in [0.15, 0.2) is 12.1 Å². The zero-order chi connectivity index (χ0) is 7.40. The maximum absolute atomic E-state index is 5.40. The third kappa shape index (κ3) is 1.28. The second-order valence-electron chi connectivity index (χ2n) is 1.85. The van der Waals surface area contributed by atoms with Gasteiger partial charge in [-0.05, 0) is 24.3 Å². The van der Waals surface area contributed by atoms with Crippen LogP contribution in [0, 0.1) is 12.1 Å². The Balaban J connectivity index is 2.96. The van der Waals surface area contributed by atoms with Gasteiger partial charge in [-0.25, -0.2) is 0 Å². The SMILES string of the molecule is COc1c[c]c[c]c1CN. The molecule has 0 fully saturated rings. The fraction of sp³-hybridized carbons (Fsp3) is 0.250. The Kier molecular flexibility index (Phi) is 2.29. The van der Waals surface area contributed by atoms with Crippen molar-refractivity contribution in [3.8, 4) is 5.75 Å². The number of methoxy groups -OCH3 is 1. The number of benzene rings is 1. The molecule has 0 atom stereocenters. The van der Waals surface area contributed by atoms with Gasteiger partial charge in [-0.2, -0.15) is 0 Å². The van der Waals surface area contributed by atoms with Gasteiger partial charge in [0.15, 0.2) is 0 Å². The van der Waals surface area contributed by atoms with Gasteiger partial charge in [0.1, 0.15) is 5.75 Å². The van der Waals surface area contributed by atoms with Gasteiger partial charge in [0.2, 0.25) is 0 Å². The fourth-order valence-electron chi connectivity index (χ4n) is 0.746. The normalized spacial score (nSPS) is 9.40. The van der Waals surface area contributed by atoms with Crippen LogP contribution < -0.4 is 10.5 Å². The van der Waals surface area contributed by atoms with Crippen LogP contribution in [-0.2, 0) is 6.54 Å². The molecular weight excluding hydrogens is 126 g/mol. The van der Waals surface area contributed by atoms with Gasteiger partial charge < -0.3 is 10.5 Å². The van der Waals surface area contributed by atoms with E-state index in [9.17, 15) is 0 Å². The summed E-state index contributed by atoms with van der Waals surface area (Å²) in [6.45, 7) is 0.456. The van der Waals surface area contributed by atoms with E-state index < -0.39 is 0 Å². The lowest BCUT2D eigenvalue weighted by molar-refractivity contribution is 0.409. The van der Waals surface area contributed by atoms with Crippen LogP contribution in [0.2, 0.25) is 0 Å². The molecule has 2 N–H and O–H groups in total. The average molecular weight is 135 g/mol. The first-order valence-electron chi connectivity index (χ1n) is 3.03. The summed E-state index contributed by atoms with van der Waals surface area (Å²) >= 11 is 0. The third-order valence-corrected chi connectivity index (χ3v) is 1.27. The minimum Gasteiger partial charge on any atom is -0.496 e. The molecule has 0 heterocycles. The maximum Gasteiger partial charge on any atom is 0.124 e. The van der Waals surface area contributed by atoms with E-state index in [4.69, 9.17) is 10.5 Å². The van der Waals surface area contributed by atoms with Crippen molar-refractivity contribution in [3.63, 3.8) is 0 Å². The Morgan fingerprint density at radius 1 is 1.70 bits per heavy atom. The quantitative estimate of drug-likeness (QED) is 0.649. The zero-order valence-corrected chi connectivity index (χ0v) is 5.85. The van der Waals surface area contributed by atoms with Gasteiger partial charge in [-0.1, -0.05) is 0 Å². The van der Waals surface area contributed by atoms with E-state index in [-0.39, 0.29) is 0 Å². The number of rotatable bonds is 2. The summed E-state index contributed by atoms with van der Waals surface area (Å²) in [5.41, 5.74) is 6.29. The van der Waals surface area contributed by atoms with Crippen molar-refractivity contribution in [2.45, 2.75) is 6.54 Å². The van der Waals surface area contributed by atoms with Gasteiger partial charge in [-0.15, -0.1) is 0 Å². The maximum atomic E-state index is 5.40. The van der Waals surface area contributed by atoms with Crippen molar-refractivity contribution in [2.24, 2.45) is 5.73 Å². The second kappa shape index (κ2) is 3.22. The predicted molar refractivity (Wildman–Crippen MR) is 38.6 cm³/mol. The molecule has 0 aliphatic rings. The Bertz CT molecular complexity index is 187. The standard InChI is InChI=1S/C8H9NO/c1-10-8-5-3-2-4-7(8)6-9/h2,5H,6,9H2,1H3. The lowest BCUT2D eigenvalue weighted by Crippen LogP contribution is -1.99. The molecular formula is C8H9NO. The van der Waals surface area contributed by atoms with Gasteiger partial charge in [0, 0.05) is 12.1 Å². The number of hydrogen-bond acceptors (Lipinski definition) is 2. The first kappa shape index (κ1) is 7.09. The topological polar surface area (TPSA) is 35.2 Å². The van der Waals surface area contributed by atoms with E-state index >= 15 is 0 Å². The lowest BCUT2D eigenvalue weighted by atomic mass is 10.2. The number of ether oxygens (including phenoxy) is 1. The van der Waals surface area contributed by atoms with Gasteiger partial charge in [0.25, 0.3) is 0 Å². The fourth-order valence-corrected chi connectivity index (χ4v) is 0.746. The van der Waals surface area contributed by atoms with Crippen molar-refractivity contribution < 1.29 is 4.74 Å². The highest BCUT2D eigenvalue weighted by molar-refractivity contribution is 5.31. The van der Waals surface area contributed by atoms with Crippen molar-refractivity contribution in [3.05, 3.63) is 29.8 Å². The molecule has 0 bridgehead atoms. The summed E-state index contributed by atoms with van der Waals surface area (Å²) in [6.07, 6.45) is 0. The molecule has 0 aromatic heterocycles. The van der Waals surface area contributed by atoms with Gasteiger partial charge in [-0.3, -0.25) is 0 Å². The Hall–Kier alpha value is -1.02. The van der Waals surface area contributed by atoms with Crippen LogP contribution >= 0.6 is 0 Å². The van der Waals surface area contributed by atoms with Crippen molar-refractivity contribution in [2.75, 3.05) is 7.11 Å². The molecule has 0 saturated heterocycles. The molecule has 2 heteroatoms. The molecule has 0 aliphatic carbocycles. The summed E-state index contributed by atoms with van der Waals surface area (Å²) in [6, 6.07) is 9.23. The Labute approximate surface area is 60.6 Å². The van der Waals surface area contributed by atoms with E-state index in [2.05, 4.69) is 12.1 Å². The average Bonchev–Trinajstić information content (AvgIpc) is 2.04. The van der Waals surface area contributed by atoms with Crippen LogP contribution in [-0.4, -0.2) is 7.11 Å². The summed E-state index contributed by atoms with van der Waals surface area (Å²) in [7, 11) is 1.61. The third-order valence-electron chi connectivity index (χ3n) is 1.27. The monoisotopic (exact) mass is 135 g/mol. The molecule has 0 spiro atoms. The van der Waals surface area contributed by atoms with Crippen LogP contribution in [0.25, 0.3) is 0 Å². The summed E-state index contributed by atoms with van der Waals surface area (Å²) < 4.78 is 4.99. The van der Waals surface area contributed by atoms with Crippen LogP contribution in [0.4, 0.5) is 0 Å². The van der Waals surface area contributed by atoms with E-state index in [1.54, 1.807) is 19.2 Å². The van der Waals surface area contributed by atoms with Gasteiger partial charge in [0.05, 0.1) is 7.11 Å². The van der Waals surface area contributed by atoms with E-state index in [1.165, 1.54) is 0 Å². The Morgan fingerprint density at radius 3 is 3.00 bits per heavy atom. The number of hydrogen-bond donors (Lipinski definition) is 1. The van der Waals surface area contributed by atoms with E-state index in [1.807, 2.05) is 0 Å². The summed E-state index contributed by atoms with van der Waals surface area (Å²) in [5, 5.41) is 0. The van der Waals surface area contributed by atoms with Crippen molar-refractivity contribution in [1.82, 2.24) is 0 Å². The number of nitrogens with two attached hydrogens (primary N) is 1. The molecule has 0 unspecified atom stereocenters. The molecule has 0 aliphatic heterocycles. The largest absolute Gasteiger partial charge is 0.496 e. The van der Waals surface area contributed by atoms with Crippen LogP contribution in [0.5, 0.6) is 5.75 Å². The molecule has 52 valence electrons. The van der Waals surface area contributed by atoms with E-state index in [0.29, 0.717) is 6.54 Å². The second-order valence-corrected chi connectivity index (χ2v) is 1.85. The molecule has 1 aromatic carbocycles. The lowest BCUT2D eigenvalue weighted by Gasteiger charge is -2.03. The molecule has 0 saturated carbocycles. The molecule has 1 rings (SSSR count). The van der Waals surface area contributed by atoms with Crippen molar-refractivity contribution in [1.29, 1.82) is 0 Å². The first-order valence-corrected chi connectivity index (χ1v) is 3.03. The molecule has 2 nitrogen and oxygen atoms in total. The minimum absolute atomic E-state index is 0.456. The molecule has 0 amide bonds. The van der Waals surface area contributed by atoms with Crippen LogP contribution in [0.1, 0.15) is 5.56 Å². The molecule has 10 heavy (non-hydrogen) atoms. The summed E-state index contributed by atoms with van der Waals surface area (Å²) in [5.74, 6) is 0.755. The highest BCUT2D eigenvalue weighted by Gasteiger charge is 1.96. The minimum atomic E-state index is 0.456.